The van der Waals surface area contributed by atoms with Crippen LogP contribution in [0.3, 0.4) is 0 Å². The summed E-state index contributed by atoms with van der Waals surface area (Å²) in [6.45, 7) is 6.35. The Bertz CT molecular complexity index is 1210. The predicted molar refractivity (Wildman–Crippen MR) is 166 cm³/mol. The van der Waals surface area contributed by atoms with Crippen LogP contribution >= 0.6 is 11.3 Å². The molecule has 0 aliphatic carbocycles. The average Bonchev–Trinajstić information content (AvgIpc) is 3.36. The van der Waals surface area contributed by atoms with E-state index in [1.54, 1.807) is 29.5 Å². The number of H-pyrrole nitrogens is 1. The van der Waals surface area contributed by atoms with Gasteiger partial charge in [0.1, 0.15) is 0 Å². The Hall–Kier alpha value is -2.51. The third-order valence-corrected chi connectivity index (χ3v) is 8.22. The van der Waals surface area contributed by atoms with E-state index in [0.717, 1.165) is 29.1 Å². The Balaban J connectivity index is 0.00000588. The molecule has 1 amide bonds. The van der Waals surface area contributed by atoms with E-state index >= 15 is 0 Å². The summed E-state index contributed by atoms with van der Waals surface area (Å²) >= 11 is 1.65. The fourth-order valence-corrected chi connectivity index (χ4v) is 5.80. The maximum atomic E-state index is 13.4. The number of rotatable bonds is 19. The number of benzene rings is 2. The van der Waals surface area contributed by atoms with Crippen LogP contribution in [0.5, 0.6) is 5.75 Å². The van der Waals surface area contributed by atoms with Crippen LogP contribution in [0, 0.1) is 6.92 Å². The van der Waals surface area contributed by atoms with Crippen molar-refractivity contribution in [2.75, 3.05) is 11.9 Å². The van der Waals surface area contributed by atoms with Crippen LogP contribution in [0.15, 0.2) is 47.8 Å². The minimum Gasteiger partial charge on any atom is -1.00 e. The number of ether oxygens (including phenoxy) is 1. The molecule has 0 radical (unpaired) electrons. The predicted octanol–water partition coefficient (Wildman–Crippen LogP) is 6.00. The fourth-order valence-electron chi connectivity index (χ4n) is 4.97. The molecule has 41 heavy (non-hydrogen) atoms. The molecule has 0 aliphatic heterocycles. The number of thiazole rings is 1. The number of unbranched alkanes of at least 4 members (excludes halogenated alkanes) is 11. The number of Topliss-reactive ketones (excluding diaryl/α,β-unsaturated/α-hetero) is 1. The second kappa shape index (κ2) is 19.6. The van der Waals surface area contributed by atoms with E-state index in [9.17, 15) is 9.59 Å². The molecule has 1 aromatic heterocycles. The molecule has 0 fully saturated rings. The van der Waals surface area contributed by atoms with E-state index < -0.39 is 0 Å². The lowest BCUT2D eigenvalue weighted by molar-refractivity contribution is -0.390. The Morgan fingerprint density at radius 2 is 1.44 bits per heavy atom. The minimum atomic E-state index is -0.209. The Morgan fingerprint density at radius 1 is 0.829 bits per heavy atom. The van der Waals surface area contributed by atoms with Gasteiger partial charge in [-0.25, -0.2) is 4.98 Å². The highest BCUT2D eigenvalue weighted by atomic mass is 79.9. The van der Waals surface area contributed by atoms with Gasteiger partial charge in [-0.2, -0.15) is 0 Å². The molecule has 2 aromatic carbocycles. The maximum Gasteiger partial charge on any atom is 0.256 e. The Morgan fingerprint density at radius 3 is 2.05 bits per heavy atom. The van der Waals surface area contributed by atoms with Crippen molar-refractivity contribution in [2.45, 2.75) is 104 Å². The second-order valence-electron chi connectivity index (χ2n) is 10.7. The van der Waals surface area contributed by atoms with Gasteiger partial charge in [0, 0.05) is 12.5 Å². The number of hydrogen-bond donors (Lipinski definition) is 1. The molecule has 7 heteroatoms. The summed E-state index contributed by atoms with van der Waals surface area (Å²) in [5.74, 6) is 0.177. The normalized spacial score (nSPS) is 10.7. The summed E-state index contributed by atoms with van der Waals surface area (Å²) in [6.07, 6.45) is 16.0. The van der Waals surface area contributed by atoms with Crippen LogP contribution in [-0.2, 0) is 6.42 Å². The molecular weight excluding hydrogens is 596 g/mol. The van der Waals surface area contributed by atoms with Gasteiger partial charge in [0.2, 0.25) is 5.01 Å². The van der Waals surface area contributed by atoms with Crippen molar-refractivity contribution in [3.63, 3.8) is 0 Å². The average molecular weight is 644 g/mol. The first-order chi connectivity index (χ1) is 19.5. The minimum absolute atomic E-state index is 0. The Labute approximate surface area is 261 Å². The van der Waals surface area contributed by atoms with Crippen LogP contribution in [0.2, 0.25) is 0 Å². The molecule has 1 heterocycles. The molecule has 0 saturated carbocycles. The first-order valence-corrected chi connectivity index (χ1v) is 16.0. The second-order valence-corrected chi connectivity index (χ2v) is 11.7. The summed E-state index contributed by atoms with van der Waals surface area (Å²) in [6, 6.07) is 13.0. The lowest BCUT2D eigenvalue weighted by Gasteiger charge is -2.16. The van der Waals surface area contributed by atoms with Gasteiger partial charge in [-0.05, 0) is 37.1 Å². The molecule has 2 N–H and O–H groups in total. The number of carbonyl (C=O) groups is 2. The monoisotopic (exact) mass is 642 g/mol. The van der Waals surface area contributed by atoms with Gasteiger partial charge in [-0.15, -0.1) is 0 Å². The highest BCUT2D eigenvalue weighted by Gasteiger charge is 2.19. The van der Waals surface area contributed by atoms with Crippen LogP contribution in [0.4, 0.5) is 5.69 Å². The zero-order valence-electron chi connectivity index (χ0n) is 25.0. The number of aromatic nitrogens is 1. The number of aromatic amines is 1. The number of amides is 1. The number of carbonyl (C=O) groups excluding carboxylic acids is 2. The zero-order valence-corrected chi connectivity index (χ0v) is 27.4. The molecule has 224 valence electrons. The molecule has 0 aliphatic rings. The number of para-hydroxylation sites is 1. The van der Waals surface area contributed by atoms with Crippen molar-refractivity contribution in [3.8, 4) is 5.75 Å². The lowest BCUT2D eigenvalue weighted by Crippen LogP contribution is -3.00. The van der Waals surface area contributed by atoms with E-state index in [4.69, 9.17) is 4.74 Å². The van der Waals surface area contributed by atoms with E-state index in [-0.39, 0.29) is 28.7 Å². The van der Waals surface area contributed by atoms with Crippen molar-refractivity contribution in [1.82, 2.24) is 0 Å². The van der Waals surface area contributed by atoms with E-state index in [2.05, 4.69) is 22.6 Å². The highest BCUT2D eigenvalue weighted by molar-refractivity contribution is 7.09. The first kappa shape index (κ1) is 34.7. The van der Waals surface area contributed by atoms with Crippen molar-refractivity contribution < 1.29 is 36.3 Å². The number of aryl methyl sites for hydroxylation is 1. The van der Waals surface area contributed by atoms with Gasteiger partial charge >= 0.3 is 0 Å². The van der Waals surface area contributed by atoms with Crippen molar-refractivity contribution in [2.24, 2.45) is 0 Å². The van der Waals surface area contributed by atoms with Crippen LogP contribution in [-0.4, -0.2) is 18.3 Å². The molecule has 5 nitrogen and oxygen atoms in total. The van der Waals surface area contributed by atoms with Gasteiger partial charge < -0.3 is 27.0 Å². The number of halogens is 1. The summed E-state index contributed by atoms with van der Waals surface area (Å²) in [5, 5.41) is 6.20. The summed E-state index contributed by atoms with van der Waals surface area (Å²) < 4.78 is 6.15. The van der Waals surface area contributed by atoms with Crippen molar-refractivity contribution >= 4 is 28.7 Å². The van der Waals surface area contributed by atoms with Gasteiger partial charge in [-0.1, -0.05) is 113 Å². The standard InChI is InChI=1S/C34H46N2O3S.BrH/c1-4-5-6-7-8-9-10-11-12-13-14-17-23-39-33-29(27(3)37)21-18-22-31(33)36-34(38)30-20-16-15-19-28(30)24-32-35-26(2)25-40-32;/h15-16,18-22,25H,4-14,17,23-24H2,1-3H3,(H,36,38);1H. The molecule has 3 rings (SSSR count). The molecule has 0 atom stereocenters. The maximum absolute atomic E-state index is 13.4. The SMILES string of the molecule is CCCCCCCCCCCCCCOc1c(NC(=O)c2ccccc2Cc2[nH+]c(C)cs2)cccc1C(C)=O.[Br-]. The van der Waals surface area contributed by atoms with E-state index in [1.165, 1.54) is 71.1 Å². The van der Waals surface area contributed by atoms with Gasteiger partial charge in [0.15, 0.2) is 17.2 Å². The third kappa shape index (κ3) is 12.1. The summed E-state index contributed by atoms with van der Waals surface area (Å²) in [4.78, 5) is 29.1. The summed E-state index contributed by atoms with van der Waals surface area (Å²) in [5.41, 5.74) is 3.69. The molecule has 0 spiro atoms. The van der Waals surface area contributed by atoms with E-state index in [0.29, 0.717) is 35.6 Å². The number of anilines is 1. The molecule has 0 saturated heterocycles. The summed E-state index contributed by atoms with van der Waals surface area (Å²) in [7, 11) is 0. The highest BCUT2D eigenvalue weighted by Crippen LogP contribution is 2.31. The fraction of sp³-hybridized carbons (Fsp3) is 0.500. The largest absolute Gasteiger partial charge is 1.00 e. The van der Waals surface area contributed by atoms with Crippen LogP contribution in [0.25, 0.3) is 0 Å². The molecule has 3 aromatic rings. The molecule has 0 unspecified atom stereocenters. The number of ketones is 1. The van der Waals surface area contributed by atoms with Crippen LogP contribution < -0.4 is 32.0 Å². The number of nitrogens with one attached hydrogen (secondary N) is 2. The first-order valence-electron chi connectivity index (χ1n) is 15.1. The van der Waals surface area contributed by atoms with E-state index in [1.807, 2.05) is 31.2 Å². The lowest BCUT2D eigenvalue weighted by atomic mass is 10.0. The quantitative estimate of drug-likeness (QED) is 0.129. The van der Waals surface area contributed by atoms with Crippen LogP contribution in [0.1, 0.15) is 128 Å². The molecular formula is C34H47BrN2O3S. The van der Waals surface area contributed by atoms with Crippen molar-refractivity contribution in [1.29, 1.82) is 0 Å². The topological polar surface area (TPSA) is 69.5 Å². The van der Waals surface area contributed by atoms with Gasteiger partial charge in [-0.3, -0.25) is 9.59 Å². The smallest absolute Gasteiger partial charge is 0.256 e. The molecule has 0 bridgehead atoms. The number of hydrogen-bond acceptors (Lipinski definition) is 4. The Kier molecular flexibility index (Phi) is 16.6. The van der Waals surface area contributed by atoms with Gasteiger partial charge in [0.25, 0.3) is 5.91 Å². The van der Waals surface area contributed by atoms with Gasteiger partial charge in [0.05, 0.1) is 29.7 Å². The van der Waals surface area contributed by atoms with Crippen molar-refractivity contribution in [3.05, 3.63) is 75.2 Å². The zero-order chi connectivity index (χ0) is 28.6. The third-order valence-electron chi connectivity index (χ3n) is 7.21.